The molecular formula is C25H24BrFN2O5. The minimum Gasteiger partial charge on any atom is -0.493 e. The zero-order valence-electron chi connectivity index (χ0n) is 18.6. The van der Waals surface area contributed by atoms with Gasteiger partial charge in [0, 0.05) is 6.04 Å². The Hall–Kier alpha value is -3.20. The van der Waals surface area contributed by atoms with Crippen LogP contribution in [0.2, 0.25) is 0 Å². The van der Waals surface area contributed by atoms with Crippen LogP contribution in [-0.4, -0.2) is 35.9 Å². The van der Waals surface area contributed by atoms with E-state index < -0.39 is 17.8 Å². The van der Waals surface area contributed by atoms with Gasteiger partial charge in [-0.25, -0.2) is 9.18 Å². The molecule has 1 heterocycles. The van der Waals surface area contributed by atoms with E-state index in [2.05, 4.69) is 21.2 Å². The van der Waals surface area contributed by atoms with Crippen molar-refractivity contribution in [2.45, 2.75) is 44.8 Å². The van der Waals surface area contributed by atoms with Crippen LogP contribution in [0.5, 0.6) is 11.5 Å². The van der Waals surface area contributed by atoms with Crippen molar-refractivity contribution < 1.29 is 28.2 Å². The summed E-state index contributed by atoms with van der Waals surface area (Å²) in [5, 5.41) is 2.29. The number of halogens is 2. The molecule has 1 saturated heterocycles. The molecule has 178 valence electrons. The average Bonchev–Trinajstić information content (AvgIpc) is 2.81. The molecule has 9 heteroatoms. The van der Waals surface area contributed by atoms with E-state index in [0.29, 0.717) is 27.1 Å². The van der Waals surface area contributed by atoms with E-state index in [4.69, 9.17) is 9.47 Å². The number of barbiturate groups is 1. The maximum atomic E-state index is 13.4. The van der Waals surface area contributed by atoms with Gasteiger partial charge in [0.2, 0.25) is 0 Å². The molecule has 0 spiro atoms. The fourth-order valence-corrected chi connectivity index (χ4v) is 4.83. The van der Waals surface area contributed by atoms with Crippen molar-refractivity contribution in [1.29, 1.82) is 0 Å². The molecule has 0 radical (unpaired) electrons. The Morgan fingerprint density at radius 2 is 1.91 bits per heavy atom. The summed E-state index contributed by atoms with van der Waals surface area (Å²) in [7, 11) is 1.47. The van der Waals surface area contributed by atoms with Crippen molar-refractivity contribution in [2.75, 3.05) is 7.11 Å². The van der Waals surface area contributed by atoms with E-state index >= 15 is 0 Å². The summed E-state index contributed by atoms with van der Waals surface area (Å²) in [6.07, 6.45) is 5.85. The van der Waals surface area contributed by atoms with Crippen LogP contribution in [0.25, 0.3) is 6.08 Å². The molecule has 0 atom stereocenters. The number of hydrogen-bond donors (Lipinski definition) is 1. The largest absolute Gasteiger partial charge is 0.493 e. The number of carbonyl (C=O) groups excluding carboxylic acids is 3. The van der Waals surface area contributed by atoms with Crippen LogP contribution in [0.4, 0.5) is 9.18 Å². The maximum absolute atomic E-state index is 13.4. The number of imide groups is 2. The van der Waals surface area contributed by atoms with Gasteiger partial charge in [0.1, 0.15) is 18.0 Å². The summed E-state index contributed by atoms with van der Waals surface area (Å²) in [5.74, 6) is -0.926. The second kappa shape index (κ2) is 10.4. The molecule has 1 aliphatic carbocycles. The number of ether oxygens (including phenoxy) is 2. The SMILES string of the molecule is COc1cc(C=C2C(=O)NC(=O)N(C3CCCCC3)C2=O)cc(Br)c1OCc1cccc(F)c1. The first-order valence-electron chi connectivity index (χ1n) is 11.0. The van der Waals surface area contributed by atoms with Crippen LogP contribution >= 0.6 is 15.9 Å². The Balaban J connectivity index is 1.59. The Morgan fingerprint density at radius 3 is 2.62 bits per heavy atom. The number of hydrogen-bond acceptors (Lipinski definition) is 5. The highest BCUT2D eigenvalue weighted by atomic mass is 79.9. The van der Waals surface area contributed by atoms with Gasteiger partial charge in [0.15, 0.2) is 11.5 Å². The number of urea groups is 1. The van der Waals surface area contributed by atoms with Gasteiger partial charge >= 0.3 is 6.03 Å². The number of carbonyl (C=O) groups is 3. The Labute approximate surface area is 205 Å². The Morgan fingerprint density at radius 1 is 1.15 bits per heavy atom. The molecular weight excluding hydrogens is 507 g/mol. The Kier molecular flexibility index (Phi) is 7.31. The van der Waals surface area contributed by atoms with Crippen molar-refractivity contribution in [3.8, 4) is 11.5 Å². The van der Waals surface area contributed by atoms with Crippen molar-refractivity contribution >= 4 is 39.9 Å². The van der Waals surface area contributed by atoms with E-state index in [-0.39, 0.29) is 24.0 Å². The third kappa shape index (κ3) is 5.14. The van der Waals surface area contributed by atoms with Gasteiger partial charge in [0.05, 0.1) is 11.6 Å². The molecule has 7 nitrogen and oxygen atoms in total. The lowest BCUT2D eigenvalue weighted by atomic mass is 9.93. The van der Waals surface area contributed by atoms with Gasteiger partial charge < -0.3 is 9.47 Å². The fraction of sp³-hybridized carbons (Fsp3) is 0.320. The smallest absolute Gasteiger partial charge is 0.331 e. The average molecular weight is 531 g/mol. The van der Waals surface area contributed by atoms with E-state index in [1.807, 2.05) is 0 Å². The van der Waals surface area contributed by atoms with Gasteiger partial charge in [-0.15, -0.1) is 0 Å². The van der Waals surface area contributed by atoms with Gasteiger partial charge in [-0.3, -0.25) is 19.8 Å². The fourth-order valence-electron chi connectivity index (χ4n) is 4.25. The minimum atomic E-state index is -0.733. The number of rotatable bonds is 6. The van der Waals surface area contributed by atoms with Gasteiger partial charge in [-0.1, -0.05) is 31.4 Å². The van der Waals surface area contributed by atoms with Crippen LogP contribution in [0.1, 0.15) is 43.2 Å². The predicted molar refractivity (Wildman–Crippen MR) is 127 cm³/mol. The maximum Gasteiger partial charge on any atom is 0.331 e. The lowest BCUT2D eigenvalue weighted by Crippen LogP contribution is -2.58. The highest BCUT2D eigenvalue weighted by Gasteiger charge is 2.40. The van der Waals surface area contributed by atoms with Crippen LogP contribution in [0.3, 0.4) is 0 Å². The molecule has 2 aromatic carbocycles. The van der Waals surface area contributed by atoms with Crippen LogP contribution in [-0.2, 0) is 16.2 Å². The first-order chi connectivity index (χ1) is 16.4. The van der Waals surface area contributed by atoms with Crippen molar-refractivity contribution in [3.63, 3.8) is 0 Å². The summed E-state index contributed by atoms with van der Waals surface area (Å²) in [5.41, 5.74) is 1.04. The molecule has 4 amide bonds. The first-order valence-corrected chi connectivity index (χ1v) is 11.8. The molecule has 1 aliphatic heterocycles. The Bertz CT molecular complexity index is 1160. The monoisotopic (exact) mass is 530 g/mol. The minimum absolute atomic E-state index is 0.118. The zero-order valence-corrected chi connectivity index (χ0v) is 20.2. The summed E-state index contributed by atoms with van der Waals surface area (Å²) in [6, 6.07) is 8.51. The first kappa shape index (κ1) is 23.9. The summed E-state index contributed by atoms with van der Waals surface area (Å²) >= 11 is 3.45. The number of amides is 4. The standard InChI is InChI=1S/C25H24BrFN2O5/c1-33-21-13-16(12-20(26)22(21)34-14-15-6-5-7-17(27)10-15)11-19-23(30)28-25(32)29(24(19)31)18-8-3-2-4-9-18/h5-7,10-13,18H,2-4,8-9,14H2,1H3,(H,28,30,32). The highest BCUT2D eigenvalue weighted by Crippen LogP contribution is 2.38. The molecule has 0 unspecified atom stereocenters. The molecule has 2 aliphatic rings. The van der Waals surface area contributed by atoms with Crippen LogP contribution < -0.4 is 14.8 Å². The summed E-state index contributed by atoms with van der Waals surface area (Å²) in [4.78, 5) is 39.2. The van der Waals surface area contributed by atoms with Crippen molar-refractivity contribution in [1.82, 2.24) is 10.2 Å². The topological polar surface area (TPSA) is 84.9 Å². The van der Waals surface area contributed by atoms with E-state index in [0.717, 1.165) is 32.1 Å². The third-order valence-corrected chi connectivity index (χ3v) is 6.50. The molecule has 1 N–H and O–H groups in total. The molecule has 2 aromatic rings. The quantitative estimate of drug-likeness (QED) is 0.421. The number of methoxy groups -OCH3 is 1. The molecule has 1 saturated carbocycles. The van der Waals surface area contributed by atoms with E-state index in [1.165, 1.54) is 30.2 Å². The summed E-state index contributed by atoms with van der Waals surface area (Å²) in [6.45, 7) is 0.118. The highest BCUT2D eigenvalue weighted by molar-refractivity contribution is 9.10. The zero-order chi connectivity index (χ0) is 24.2. The number of benzene rings is 2. The molecule has 34 heavy (non-hydrogen) atoms. The summed E-state index contributed by atoms with van der Waals surface area (Å²) < 4.78 is 25.3. The third-order valence-electron chi connectivity index (χ3n) is 5.91. The van der Waals surface area contributed by atoms with E-state index in [1.54, 1.807) is 24.3 Å². The molecule has 0 aromatic heterocycles. The van der Waals surface area contributed by atoms with E-state index in [9.17, 15) is 18.8 Å². The van der Waals surface area contributed by atoms with Crippen LogP contribution in [0, 0.1) is 5.82 Å². The second-order valence-corrected chi connectivity index (χ2v) is 9.09. The molecule has 2 fully saturated rings. The lowest BCUT2D eigenvalue weighted by molar-refractivity contribution is -0.132. The number of nitrogens with one attached hydrogen (secondary N) is 1. The van der Waals surface area contributed by atoms with Crippen molar-refractivity contribution in [3.05, 3.63) is 63.4 Å². The van der Waals surface area contributed by atoms with Crippen molar-refractivity contribution in [2.24, 2.45) is 0 Å². The predicted octanol–water partition coefficient (Wildman–Crippen LogP) is 4.97. The lowest BCUT2D eigenvalue weighted by Gasteiger charge is -2.35. The number of nitrogens with zero attached hydrogens (tertiary/aromatic N) is 1. The molecule has 0 bridgehead atoms. The molecule has 4 rings (SSSR count). The van der Waals surface area contributed by atoms with Crippen LogP contribution in [0.15, 0.2) is 46.4 Å². The normalized spacial score (nSPS) is 18.3. The van der Waals surface area contributed by atoms with Gasteiger partial charge in [-0.05, 0) is 70.2 Å². The second-order valence-electron chi connectivity index (χ2n) is 8.24. The van der Waals surface area contributed by atoms with Gasteiger partial charge in [-0.2, -0.15) is 0 Å². The van der Waals surface area contributed by atoms with Gasteiger partial charge in [0.25, 0.3) is 11.8 Å².